The number of hydrogen-bond acceptors (Lipinski definition) is 3. The second-order valence-corrected chi connectivity index (χ2v) is 7.40. The van der Waals surface area contributed by atoms with E-state index in [4.69, 9.17) is 14.6 Å². The van der Waals surface area contributed by atoms with Crippen molar-refractivity contribution in [1.82, 2.24) is 9.78 Å². The van der Waals surface area contributed by atoms with Crippen LogP contribution < -0.4 is 9.47 Å². The molecule has 0 N–H and O–H groups in total. The summed E-state index contributed by atoms with van der Waals surface area (Å²) in [7, 11) is 3.39. The smallest absolute Gasteiger partial charge is 0.128 e. The highest BCUT2D eigenvalue weighted by atomic mass is 16.5. The maximum absolute atomic E-state index is 5.64. The lowest BCUT2D eigenvalue weighted by Crippen LogP contribution is -2.06. The average molecular weight is 399 g/mol. The third-order valence-corrected chi connectivity index (χ3v) is 5.37. The zero-order valence-corrected chi connectivity index (χ0v) is 17.8. The van der Waals surface area contributed by atoms with Crippen LogP contribution in [0.25, 0.3) is 22.5 Å². The first-order chi connectivity index (χ1) is 14.6. The summed E-state index contributed by atoms with van der Waals surface area (Å²) in [6.45, 7) is 4.94. The standard InChI is InChI=1S/C26H26N2O2/c1-18-13-14-19(2)20(15-18)17-28-24(22-10-6-8-12-26(22)30-4)16-23(27-28)21-9-5-7-11-25(21)29-3/h5-16H,17H2,1-4H3. The lowest BCUT2D eigenvalue weighted by atomic mass is 10.0. The van der Waals surface area contributed by atoms with Gasteiger partial charge in [0.2, 0.25) is 0 Å². The van der Waals surface area contributed by atoms with E-state index in [2.05, 4.69) is 48.9 Å². The number of para-hydroxylation sites is 2. The van der Waals surface area contributed by atoms with Gasteiger partial charge in [-0.3, -0.25) is 4.68 Å². The minimum atomic E-state index is 0.677. The molecule has 1 aromatic heterocycles. The van der Waals surface area contributed by atoms with Gasteiger partial charge in [0.1, 0.15) is 11.5 Å². The minimum absolute atomic E-state index is 0.677. The van der Waals surface area contributed by atoms with Gasteiger partial charge in [-0.15, -0.1) is 0 Å². The van der Waals surface area contributed by atoms with Gasteiger partial charge in [0, 0.05) is 11.1 Å². The number of benzene rings is 3. The predicted octanol–water partition coefficient (Wildman–Crippen LogP) is 5.90. The summed E-state index contributed by atoms with van der Waals surface area (Å²) in [5, 5.41) is 4.99. The van der Waals surface area contributed by atoms with Crippen LogP contribution in [0, 0.1) is 13.8 Å². The Balaban J connectivity index is 1.89. The van der Waals surface area contributed by atoms with Crippen LogP contribution in [0.3, 0.4) is 0 Å². The molecule has 0 aliphatic carbocycles. The molecule has 0 bridgehead atoms. The topological polar surface area (TPSA) is 36.3 Å². The van der Waals surface area contributed by atoms with Crippen molar-refractivity contribution in [2.24, 2.45) is 0 Å². The van der Waals surface area contributed by atoms with E-state index in [9.17, 15) is 0 Å². The Morgan fingerprint density at radius 2 is 1.40 bits per heavy atom. The van der Waals surface area contributed by atoms with Gasteiger partial charge in [0.05, 0.1) is 32.2 Å². The van der Waals surface area contributed by atoms with E-state index >= 15 is 0 Å². The molecule has 0 aliphatic heterocycles. The van der Waals surface area contributed by atoms with Gasteiger partial charge in [-0.25, -0.2) is 0 Å². The number of aromatic nitrogens is 2. The number of ether oxygens (including phenoxy) is 2. The molecule has 0 radical (unpaired) electrons. The van der Waals surface area contributed by atoms with E-state index < -0.39 is 0 Å². The second kappa shape index (κ2) is 8.46. The van der Waals surface area contributed by atoms with Crippen molar-refractivity contribution in [3.63, 3.8) is 0 Å². The molecular formula is C26H26N2O2. The Bertz CT molecular complexity index is 1180. The molecule has 0 spiro atoms. The summed E-state index contributed by atoms with van der Waals surface area (Å²) in [5.74, 6) is 1.63. The van der Waals surface area contributed by atoms with Gasteiger partial charge in [0.25, 0.3) is 0 Å². The third kappa shape index (κ3) is 3.81. The van der Waals surface area contributed by atoms with Gasteiger partial charge in [-0.05, 0) is 55.3 Å². The fourth-order valence-corrected chi connectivity index (χ4v) is 3.73. The lowest BCUT2D eigenvalue weighted by molar-refractivity contribution is 0.416. The molecule has 0 unspecified atom stereocenters. The molecule has 4 heteroatoms. The Kier molecular flexibility index (Phi) is 5.57. The highest BCUT2D eigenvalue weighted by Gasteiger charge is 2.17. The molecule has 4 nitrogen and oxygen atoms in total. The molecular weight excluding hydrogens is 372 g/mol. The molecule has 0 saturated carbocycles. The van der Waals surface area contributed by atoms with Crippen LogP contribution in [-0.4, -0.2) is 24.0 Å². The summed E-state index contributed by atoms with van der Waals surface area (Å²) >= 11 is 0. The Morgan fingerprint density at radius 3 is 2.10 bits per heavy atom. The number of aryl methyl sites for hydroxylation is 2. The summed E-state index contributed by atoms with van der Waals surface area (Å²) in [6, 6.07) is 24.7. The quantitative estimate of drug-likeness (QED) is 0.406. The van der Waals surface area contributed by atoms with Crippen molar-refractivity contribution in [2.75, 3.05) is 14.2 Å². The van der Waals surface area contributed by atoms with Gasteiger partial charge in [-0.2, -0.15) is 5.10 Å². The molecule has 0 fully saturated rings. The van der Waals surface area contributed by atoms with Crippen LogP contribution in [0.1, 0.15) is 16.7 Å². The van der Waals surface area contributed by atoms with Crippen molar-refractivity contribution in [3.05, 3.63) is 89.5 Å². The van der Waals surface area contributed by atoms with Gasteiger partial charge < -0.3 is 9.47 Å². The van der Waals surface area contributed by atoms with Crippen molar-refractivity contribution < 1.29 is 9.47 Å². The van der Waals surface area contributed by atoms with E-state index in [-0.39, 0.29) is 0 Å². The van der Waals surface area contributed by atoms with Crippen LogP contribution in [0.15, 0.2) is 72.8 Å². The van der Waals surface area contributed by atoms with Crippen molar-refractivity contribution in [3.8, 4) is 34.0 Å². The lowest BCUT2D eigenvalue weighted by Gasteiger charge is -2.13. The largest absolute Gasteiger partial charge is 0.496 e. The zero-order chi connectivity index (χ0) is 21.1. The second-order valence-electron chi connectivity index (χ2n) is 7.40. The van der Waals surface area contributed by atoms with E-state index in [1.165, 1.54) is 16.7 Å². The zero-order valence-electron chi connectivity index (χ0n) is 17.8. The van der Waals surface area contributed by atoms with E-state index in [1.54, 1.807) is 14.2 Å². The van der Waals surface area contributed by atoms with Crippen LogP contribution >= 0.6 is 0 Å². The Hall–Kier alpha value is -3.53. The van der Waals surface area contributed by atoms with E-state index in [0.29, 0.717) is 6.54 Å². The molecule has 0 aliphatic rings. The summed E-state index contributed by atoms with van der Waals surface area (Å²) in [5.41, 5.74) is 7.61. The van der Waals surface area contributed by atoms with Crippen LogP contribution in [0.2, 0.25) is 0 Å². The van der Waals surface area contributed by atoms with E-state index in [1.807, 2.05) is 42.5 Å². The highest BCUT2D eigenvalue weighted by Crippen LogP contribution is 2.35. The van der Waals surface area contributed by atoms with Crippen LogP contribution in [-0.2, 0) is 6.54 Å². The van der Waals surface area contributed by atoms with Crippen molar-refractivity contribution >= 4 is 0 Å². The van der Waals surface area contributed by atoms with Gasteiger partial charge in [0.15, 0.2) is 0 Å². The molecule has 1 heterocycles. The predicted molar refractivity (Wildman–Crippen MR) is 121 cm³/mol. The fourth-order valence-electron chi connectivity index (χ4n) is 3.73. The summed E-state index contributed by atoms with van der Waals surface area (Å²) in [4.78, 5) is 0. The molecule has 0 amide bonds. The number of nitrogens with zero attached hydrogens (tertiary/aromatic N) is 2. The monoisotopic (exact) mass is 398 g/mol. The number of rotatable bonds is 6. The highest BCUT2D eigenvalue weighted by molar-refractivity contribution is 5.75. The normalized spacial score (nSPS) is 10.8. The Labute approximate surface area is 177 Å². The SMILES string of the molecule is COc1ccccc1-c1cc(-c2ccccc2OC)n(Cc2cc(C)ccc2C)n1. The van der Waals surface area contributed by atoms with Crippen LogP contribution in [0.4, 0.5) is 0 Å². The molecule has 4 rings (SSSR count). The first-order valence-corrected chi connectivity index (χ1v) is 10.0. The summed E-state index contributed by atoms with van der Waals surface area (Å²) in [6.07, 6.45) is 0. The van der Waals surface area contributed by atoms with Gasteiger partial charge >= 0.3 is 0 Å². The maximum Gasteiger partial charge on any atom is 0.128 e. The molecule has 0 atom stereocenters. The van der Waals surface area contributed by atoms with E-state index in [0.717, 1.165) is 34.0 Å². The molecule has 4 aromatic rings. The first kappa shape index (κ1) is 19.8. The molecule has 0 saturated heterocycles. The number of hydrogen-bond donors (Lipinski definition) is 0. The van der Waals surface area contributed by atoms with Crippen molar-refractivity contribution in [1.29, 1.82) is 0 Å². The average Bonchev–Trinajstić information content (AvgIpc) is 3.19. The molecule has 30 heavy (non-hydrogen) atoms. The van der Waals surface area contributed by atoms with Crippen LogP contribution in [0.5, 0.6) is 11.5 Å². The molecule has 152 valence electrons. The van der Waals surface area contributed by atoms with Crippen molar-refractivity contribution in [2.45, 2.75) is 20.4 Å². The number of methoxy groups -OCH3 is 2. The third-order valence-electron chi connectivity index (χ3n) is 5.37. The molecule has 3 aromatic carbocycles. The van der Waals surface area contributed by atoms with Gasteiger partial charge in [-0.1, -0.05) is 48.0 Å². The first-order valence-electron chi connectivity index (χ1n) is 10.0. The fraction of sp³-hybridized carbons (Fsp3) is 0.192. The summed E-state index contributed by atoms with van der Waals surface area (Å²) < 4.78 is 13.3. The Morgan fingerprint density at radius 1 is 0.767 bits per heavy atom. The minimum Gasteiger partial charge on any atom is -0.496 e. The maximum atomic E-state index is 5.64.